The largest absolute Gasteiger partial charge is 0.389 e. The summed E-state index contributed by atoms with van der Waals surface area (Å²) in [5, 5.41) is 14.9. The fourth-order valence-electron chi connectivity index (χ4n) is 2.58. The van der Waals surface area contributed by atoms with Crippen LogP contribution in [0.4, 0.5) is 20.6 Å². The van der Waals surface area contributed by atoms with Gasteiger partial charge in [-0.05, 0) is 73.0 Å². The van der Waals surface area contributed by atoms with Crippen LogP contribution in [0, 0.1) is 5.82 Å². The average molecular weight is 425 g/mol. The number of carbonyl (C=O) groups is 2. The first-order valence-electron chi connectivity index (χ1n) is 9.10. The summed E-state index contributed by atoms with van der Waals surface area (Å²) in [6.45, 7) is 1.67. The Bertz CT molecular complexity index is 1040. The third kappa shape index (κ3) is 5.82. The van der Waals surface area contributed by atoms with Crippen LogP contribution in [0.25, 0.3) is 0 Å². The number of aliphatic hydroxyl groups is 1. The lowest BCUT2D eigenvalue weighted by Crippen LogP contribution is -2.22. The number of hydrogen-bond acceptors (Lipinski definition) is 4. The van der Waals surface area contributed by atoms with Gasteiger partial charge >= 0.3 is 6.03 Å². The van der Waals surface area contributed by atoms with Crippen LogP contribution in [0.15, 0.2) is 77.7 Å². The summed E-state index contributed by atoms with van der Waals surface area (Å²) in [5.74, 6) is -1.15. The molecule has 1 unspecified atom stereocenters. The van der Waals surface area contributed by atoms with Gasteiger partial charge in [0.2, 0.25) is 0 Å². The molecule has 0 radical (unpaired) electrons. The Kier molecular flexibility index (Phi) is 7.05. The highest BCUT2D eigenvalue weighted by Crippen LogP contribution is 2.21. The lowest BCUT2D eigenvalue weighted by atomic mass is 10.1. The maximum atomic E-state index is 13.7. The second-order valence-electron chi connectivity index (χ2n) is 6.42. The normalized spacial score (nSPS) is 11.4. The molecule has 0 aliphatic rings. The zero-order valence-corrected chi connectivity index (χ0v) is 16.9. The summed E-state index contributed by atoms with van der Waals surface area (Å²) >= 11 is 1.12. The number of anilines is 2. The monoisotopic (exact) mass is 425 g/mol. The van der Waals surface area contributed by atoms with Crippen LogP contribution in [-0.2, 0) is 0 Å². The number of rotatable bonds is 6. The molecule has 3 aromatic rings. The third-order valence-electron chi connectivity index (χ3n) is 4.12. The average Bonchev–Trinajstić information content (AvgIpc) is 2.74. The van der Waals surface area contributed by atoms with E-state index in [9.17, 15) is 19.1 Å². The first kappa shape index (κ1) is 21.4. The van der Waals surface area contributed by atoms with Gasteiger partial charge in [-0.3, -0.25) is 9.52 Å². The molecule has 30 heavy (non-hydrogen) atoms. The maximum absolute atomic E-state index is 13.7. The van der Waals surface area contributed by atoms with Gasteiger partial charge in [0.25, 0.3) is 5.91 Å². The van der Waals surface area contributed by atoms with Gasteiger partial charge < -0.3 is 15.7 Å². The molecule has 0 fully saturated rings. The van der Waals surface area contributed by atoms with E-state index in [1.807, 2.05) is 6.07 Å². The van der Waals surface area contributed by atoms with E-state index in [-0.39, 0.29) is 5.56 Å². The highest BCUT2D eigenvalue weighted by Gasteiger charge is 2.11. The lowest BCUT2D eigenvalue weighted by Gasteiger charge is -2.10. The molecule has 3 aromatic carbocycles. The minimum Gasteiger partial charge on any atom is -0.389 e. The molecule has 0 spiro atoms. The van der Waals surface area contributed by atoms with Crippen LogP contribution in [0.5, 0.6) is 0 Å². The van der Waals surface area contributed by atoms with E-state index >= 15 is 0 Å². The van der Waals surface area contributed by atoms with Gasteiger partial charge in [-0.25, -0.2) is 9.18 Å². The fraction of sp³-hybridized carbons (Fsp3) is 0.0909. The predicted octanol–water partition coefficient (Wildman–Crippen LogP) is 4.96. The van der Waals surface area contributed by atoms with E-state index in [4.69, 9.17) is 0 Å². The van der Waals surface area contributed by atoms with Gasteiger partial charge in [-0.15, -0.1) is 0 Å². The predicted molar refractivity (Wildman–Crippen MR) is 116 cm³/mol. The zero-order valence-electron chi connectivity index (χ0n) is 16.1. The Hall–Kier alpha value is -3.36. The molecule has 8 heteroatoms. The van der Waals surface area contributed by atoms with Crippen LogP contribution >= 0.6 is 11.9 Å². The van der Waals surface area contributed by atoms with E-state index in [1.54, 1.807) is 55.5 Å². The summed E-state index contributed by atoms with van der Waals surface area (Å²) in [6.07, 6.45) is -0.586. The number of urea groups is 1. The zero-order chi connectivity index (χ0) is 21.5. The van der Waals surface area contributed by atoms with Crippen molar-refractivity contribution in [3.63, 3.8) is 0 Å². The molecule has 1 atom stereocenters. The Labute approximate surface area is 177 Å². The molecule has 0 aromatic heterocycles. The molecule has 0 saturated carbocycles. The minimum absolute atomic E-state index is 0.0456. The first-order chi connectivity index (χ1) is 14.4. The maximum Gasteiger partial charge on any atom is 0.329 e. The lowest BCUT2D eigenvalue weighted by molar-refractivity contribution is 0.102. The summed E-state index contributed by atoms with van der Waals surface area (Å²) in [5.41, 5.74) is 1.71. The van der Waals surface area contributed by atoms with Crippen molar-refractivity contribution in [2.45, 2.75) is 17.9 Å². The fourth-order valence-corrected chi connectivity index (χ4v) is 3.18. The van der Waals surface area contributed by atoms with Crippen LogP contribution in [0.1, 0.15) is 28.9 Å². The number of aliphatic hydroxyl groups excluding tert-OH is 1. The Morgan fingerprint density at radius 3 is 2.27 bits per heavy atom. The van der Waals surface area contributed by atoms with Gasteiger partial charge in [-0.2, -0.15) is 0 Å². The van der Waals surface area contributed by atoms with Gasteiger partial charge in [0.05, 0.1) is 11.7 Å². The Morgan fingerprint density at radius 2 is 1.60 bits per heavy atom. The Morgan fingerprint density at radius 1 is 0.933 bits per heavy atom. The highest BCUT2D eigenvalue weighted by molar-refractivity contribution is 7.98. The minimum atomic E-state index is -0.596. The van der Waals surface area contributed by atoms with E-state index in [1.165, 1.54) is 18.2 Å². The number of amides is 3. The molecule has 0 aliphatic carbocycles. The van der Waals surface area contributed by atoms with Crippen LogP contribution in [-0.4, -0.2) is 17.0 Å². The van der Waals surface area contributed by atoms with Crippen LogP contribution in [0.3, 0.4) is 0 Å². The molecule has 6 nitrogen and oxygen atoms in total. The van der Waals surface area contributed by atoms with E-state index in [0.717, 1.165) is 22.4 Å². The number of halogens is 1. The van der Waals surface area contributed by atoms with Gasteiger partial charge in [0.15, 0.2) is 0 Å². The molecule has 0 heterocycles. The van der Waals surface area contributed by atoms with E-state index in [2.05, 4.69) is 15.4 Å². The van der Waals surface area contributed by atoms with Gasteiger partial charge in [0, 0.05) is 16.3 Å². The molecular formula is C22H20FN3O3S. The first-order valence-corrected chi connectivity index (χ1v) is 9.92. The summed E-state index contributed by atoms with van der Waals surface area (Å²) in [7, 11) is 0. The molecule has 0 saturated heterocycles. The molecule has 154 valence electrons. The van der Waals surface area contributed by atoms with Crippen molar-refractivity contribution in [3.8, 4) is 0 Å². The summed E-state index contributed by atoms with van der Waals surface area (Å²) in [4.78, 5) is 25.0. The van der Waals surface area contributed by atoms with E-state index in [0.29, 0.717) is 11.4 Å². The Balaban J connectivity index is 1.52. The number of nitrogens with one attached hydrogen (secondary N) is 3. The van der Waals surface area contributed by atoms with Gasteiger partial charge in [0.1, 0.15) is 5.82 Å². The van der Waals surface area contributed by atoms with Crippen molar-refractivity contribution >= 4 is 35.3 Å². The van der Waals surface area contributed by atoms with Crippen molar-refractivity contribution in [2.24, 2.45) is 0 Å². The molecule has 3 rings (SSSR count). The standard InChI is InChI=1S/C22H20FN3O3S/c1-14(27)15-5-4-6-18(13-15)30-26-22(29)25-17-11-9-16(10-12-17)24-21(28)19-7-2-3-8-20(19)23/h2-14,27H,1H3,(H,24,28)(H2,25,26,29). The second kappa shape index (κ2) is 9.91. The van der Waals surface area contributed by atoms with Crippen LogP contribution in [0.2, 0.25) is 0 Å². The molecular weight excluding hydrogens is 405 g/mol. The quantitative estimate of drug-likeness (QED) is 0.420. The van der Waals surface area contributed by atoms with Crippen molar-refractivity contribution in [3.05, 3.63) is 89.7 Å². The van der Waals surface area contributed by atoms with Crippen molar-refractivity contribution in [1.29, 1.82) is 0 Å². The SMILES string of the molecule is CC(O)c1cccc(SNC(=O)Nc2ccc(NC(=O)c3ccccc3F)cc2)c1. The van der Waals surface area contributed by atoms with Crippen LogP contribution < -0.4 is 15.4 Å². The molecule has 4 N–H and O–H groups in total. The van der Waals surface area contributed by atoms with Crippen molar-refractivity contribution in [2.75, 3.05) is 10.6 Å². The van der Waals surface area contributed by atoms with Crippen molar-refractivity contribution in [1.82, 2.24) is 4.72 Å². The highest BCUT2D eigenvalue weighted by atomic mass is 32.2. The topological polar surface area (TPSA) is 90.5 Å². The summed E-state index contributed by atoms with van der Waals surface area (Å²) < 4.78 is 16.3. The smallest absolute Gasteiger partial charge is 0.329 e. The van der Waals surface area contributed by atoms with Gasteiger partial charge in [-0.1, -0.05) is 24.3 Å². The number of benzene rings is 3. The number of hydrogen-bond donors (Lipinski definition) is 4. The van der Waals surface area contributed by atoms with E-state index < -0.39 is 23.9 Å². The number of carbonyl (C=O) groups excluding carboxylic acids is 2. The molecule has 3 amide bonds. The van der Waals surface area contributed by atoms with Crippen molar-refractivity contribution < 1.29 is 19.1 Å². The third-order valence-corrected chi connectivity index (χ3v) is 4.90. The molecule has 0 aliphatic heterocycles. The second-order valence-corrected chi connectivity index (χ2v) is 7.30. The summed E-state index contributed by atoms with van der Waals surface area (Å²) in [6, 6.07) is 19.0. The molecule has 0 bridgehead atoms.